The average Bonchev–Trinajstić information content (AvgIpc) is 2.62. The molecule has 4 heteroatoms. The van der Waals surface area contributed by atoms with E-state index in [1.54, 1.807) is 7.11 Å². The number of unbranched alkanes of at least 4 members (excludes halogenated alkanes) is 8. The summed E-state index contributed by atoms with van der Waals surface area (Å²) in [5.74, 6) is 0.796. The predicted molar refractivity (Wildman–Crippen MR) is 109 cm³/mol. The van der Waals surface area contributed by atoms with Crippen LogP contribution in [0.1, 0.15) is 71.1 Å². The lowest BCUT2D eigenvalue weighted by atomic mass is 10.1. The van der Waals surface area contributed by atoms with Gasteiger partial charge in [0.2, 0.25) is 0 Å². The van der Waals surface area contributed by atoms with Gasteiger partial charge in [0, 0.05) is 20.3 Å². The van der Waals surface area contributed by atoms with E-state index in [1.807, 2.05) is 18.2 Å². The van der Waals surface area contributed by atoms with Gasteiger partial charge in [-0.2, -0.15) is 0 Å². The Labute approximate surface area is 154 Å². The fourth-order valence-corrected chi connectivity index (χ4v) is 2.84. The van der Waals surface area contributed by atoms with E-state index < -0.39 is 0 Å². The molecule has 0 fully saturated rings. The molecule has 0 aliphatic rings. The quantitative estimate of drug-likeness (QED) is 0.300. The van der Waals surface area contributed by atoms with Gasteiger partial charge in [-0.15, -0.1) is 0 Å². The van der Waals surface area contributed by atoms with Gasteiger partial charge in [0.1, 0.15) is 5.75 Å². The molecule has 0 bridgehead atoms. The Balaban J connectivity index is 2.17. The number of nitrogens with two attached hydrogens (primary N) is 1. The summed E-state index contributed by atoms with van der Waals surface area (Å²) in [6, 6.07) is 5.96. The van der Waals surface area contributed by atoms with Crippen molar-refractivity contribution in [3.8, 4) is 5.75 Å². The summed E-state index contributed by atoms with van der Waals surface area (Å²) < 4.78 is 10.9. The summed E-state index contributed by atoms with van der Waals surface area (Å²) in [5.41, 5.74) is 7.90. The fraction of sp³-hybridized carbons (Fsp3) is 0.714. The van der Waals surface area contributed by atoms with Crippen LogP contribution < -0.4 is 15.8 Å². The number of benzene rings is 1. The Kier molecular flexibility index (Phi) is 12.9. The average molecular weight is 351 g/mol. The number of nitrogens with one attached hydrogen (secondary N) is 1. The van der Waals surface area contributed by atoms with Crippen molar-refractivity contribution < 1.29 is 9.47 Å². The third-order valence-corrected chi connectivity index (χ3v) is 4.41. The van der Waals surface area contributed by atoms with E-state index in [4.69, 9.17) is 15.2 Å². The second-order valence-electron chi connectivity index (χ2n) is 6.67. The molecule has 0 aromatic heterocycles. The van der Waals surface area contributed by atoms with E-state index in [0.29, 0.717) is 5.69 Å². The van der Waals surface area contributed by atoms with Gasteiger partial charge < -0.3 is 20.5 Å². The standard InChI is InChI=1S/C21H38N2O2/c1-3-4-5-6-7-8-9-11-18-25-20-15-13-14-19(21(20)22)23-16-10-12-17-24-2/h13-15,23H,3-12,16-18,22H2,1-2H3. The van der Waals surface area contributed by atoms with Crippen molar-refractivity contribution in [1.29, 1.82) is 0 Å². The summed E-state index contributed by atoms with van der Waals surface area (Å²) in [6.07, 6.45) is 12.6. The zero-order valence-corrected chi connectivity index (χ0v) is 16.3. The highest BCUT2D eigenvalue weighted by Crippen LogP contribution is 2.29. The maximum atomic E-state index is 6.22. The van der Waals surface area contributed by atoms with Gasteiger partial charge in [-0.25, -0.2) is 0 Å². The first-order valence-electron chi connectivity index (χ1n) is 10.0. The molecular formula is C21H38N2O2. The first-order valence-corrected chi connectivity index (χ1v) is 10.0. The molecular weight excluding hydrogens is 312 g/mol. The molecule has 1 rings (SSSR count). The van der Waals surface area contributed by atoms with Gasteiger partial charge in [0.25, 0.3) is 0 Å². The van der Waals surface area contributed by atoms with Gasteiger partial charge in [0.15, 0.2) is 0 Å². The van der Waals surface area contributed by atoms with Crippen LogP contribution in [0.25, 0.3) is 0 Å². The highest BCUT2D eigenvalue weighted by molar-refractivity contribution is 5.72. The number of methoxy groups -OCH3 is 1. The zero-order chi connectivity index (χ0) is 18.2. The van der Waals surface area contributed by atoms with Crippen LogP contribution in [0.15, 0.2) is 18.2 Å². The molecule has 3 N–H and O–H groups in total. The lowest BCUT2D eigenvalue weighted by Crippen LogP contribution is -2.07. The van der Waals surface area contributed by atoms with Crippen molar-refractivity contribution >= 4 is 11.4 Å². The van der Waals surface area contributed by atoms with Gasteiger partial charge in [-0.05, 0) is 31.4 Å². The Bertz CT molecular complexity index is 438. The zero-order valence-electron chi connectivity index (χ0n) is 16.3. The first-order chi connectivity index (χ1) is 12.3. The maximum absolute atomic E-state index is 6.22. The van der Waals surface area contributed by atoms with Gasteiger partial charge in [-0.3, -0.25) is 0 Å². The Morgan fingerprint density at radius 3 is 2.28 bits per heavy atom. The number of ether oxygens (including phenoxy) is 2. The van der Waals surface area contributed by atoms with E-state index in [-0.39, 0.29) is 0 Å². The molecule has 0 saturated carbocycles. The van der Waals surface area contributed by atoms with E-state index in [2.05, 4.69) is 12.2 Å². The molecule has 144 valence electrons. The van der Waals surface area contributed by atoms with Crippen LogP contribution in [0.3, 0.4) is 0 Å². The van der Waals surface area contributed by atoms with E-state index >= 15 is 0 Å². The van der Waals surface area contributed by atoms with Crippen LogP contribution in [0.2, 0.25) is 0 Å². The number of hydrogen-bond acceptors (Lipinski definition) is 4. The monoisotopic (exact) mass is 350 g/mol. The summed E-state index contributed by atoms with van der Waals surface area (Å²) in [4.78, 5) is 0. The van der Waals surface area contributed by atoms with Crippen LogP contribution in [0.5, 0.6) is 5.75 Å². The molecule has 1 aromatic rings. The number of anilines is 2. The highest BCUT2D eigenvalue weighted by Gasteiger charge is 2.05. The maximum Gasteiger partial charge on any atom is 0.144 e. The Morgan fingerprint density at radius 2 is 1.56 bits per heavy atom. The number of rotatable bonds is 16. The van der Waals surface area contributed by atoms with Crippen LogP contribution >= 0.6 is 0 Å². The molecule has 0 aliphatic heterocycles. The molecule has 1 aromatic carbocycles. The van der Waals surface area contributed by atoms with E-state index in [9.17, 15) is 0 Å². The highest BCUT2D eigenvalue weighted by atomic mass is 16.5. The van der Waals surface area contributed by atoms with Crippen molar-refractivity contribution in [2.45, 2.75) is 71.1 Å². The van der Waals surface area contributed by atoms with Gasteiger partial charge in [-0.1, -0.05) is 57.9 Å². The Hall–Kier alpha value is -1.42. The smallest absolute Gasteiger partial charge is 0.144 e. The molecule has 0 spiro atoms. The van der Waals surface area contributed by atoms with E-state index in [1.165, 1.54) is 44.9 Å². The minimum absolute atomic E-state index is 0.716. The molecule has 25 heavy (non-hydrogen) atoms. The topological polar surface area (TPSA) is 56.5 Å². The molecule has 0 atom stereocenters. The van der Waals surface area contributed by atoms with Crippen LogP contribution in [-0.2, 0) is 4.74 Å². The normalized spacial score (nSPS) is 10.8. The van der Waals surface area contributed by atoms with Crippen LogP contribution in [0.4, 0.5) is 11.4 Å². The molecule has 0 amide bonds. The molecule has 0 aliphatic carbocycles. The van der Waals surface area contributed by atoms with Crippen molar-refractivity contribution in [2.75, 3.05) is 37.9 Å². The van der Waals surface area contributed by atoms with E-state index in [0.717, 1.165) is 50.5 Å². The molecule has 0 saturated heterocycles. The molecule has 4 nitrogen and oxygen atoms in total. The lowest BCUT2D eigenvalue weighted by molar-refractivity contribution is 0.194. The first kappa shape index (κ1) is 21.6. The third-order valence-electron chi connectivity index (χ3n) is 4.41. The van der Waals surface area contributed by atoms with Crippen LogP contribution in [-0.4, -0.2) is 26.9 Å². The van der Waals surface area contributed by atoms with Gasteiger partial charge in [0.05, 0.1) is 18.0 Å². The second-order valence-corrected chi connectivity index (χ2v) is 6.67. The second kappa shape index (κ2) is 14.9. The largest absolute Gasteiger partial charge is 0.491 e. The lowest BCUT2D eigenvalue weighted by Gasteiger charge is -2.14. The van der Waals surface area contributed by atoms with Crippen molar-refractivity contribution in [3.05, 3.63) is 18.2 Å². The molecule has 0 heterocycles. The van der Waals surface area contributed by atoms with Crippen LogP contribution in [0, 0.1) is 0 Å². The molecule has 0 radical (unpaired) electrons. The molecule has 0 unspecified atom stereocenters. The van der Waals surface area contributed by atoms with Crippen molar-refractivity contribution in [2.24, 2.45) is 0 Å². The summed E-state index contributed by atoms with van der Waals surface area (Å²) in [7, 11) is 1.73. The minimum Gasteiger partial charge on any atom is -0.491 e. The predicted octanol–water partition coefficient (Wildman–Crippen LogP) is 5.63. The van der Waals surface area contributed by atoms with Crippen molar-refractivity contribution in [1.82, 2.24) is 0 Å². The summed E-state index contributed by atoms with van der Waals surface area (Å²) >= 11 is 0. The fourth-order valence-electron chi connectivity index (χ4n) is 2.84. The minimum atomic E-state index is 0.716. The summed E-state index contributed by atoms with van der Waals surface area (Å²) in [6.45, 7) is 4.71. The SMILES string of the molecule is CCCCCCCCCCOc1cccc(NCCCCOC)c1N. The number of hydrogen-bond donors (Lipinski definition) is 2. The summed E-state index contributed by atoms with van der Waals surface area (Å²) in [5, 5.41) is 3.39. The number of nitrogen functional groups attached to an aromatic ring is 1. The van der Waals surface area contributed by atoms with Crippen molar-refractivity contribution in [3.63, 3.8) is 0 Å². The number of para-hydroxylation sites is 1. The Morgan fingerprint density at radius 1 is 0.880 bits per heavy atom. The third kappa shape index (κ3) is 10.2. The van der Waals surface area contributed by atoms with Gasteiger partial charge >= 0.3 is 0 Å².